The van der Waals surface area contributed by atoms with Gasteiger partial charge in [0.1, 0.15) is 5.82 Å². The number of aryl methyl sites for hydroxylation is 2. The number of oxazole rings is 2. The Bertz CT molecular complexity index is 4280. The Morgan fingerprint density at radius 3 is 1.43 bits per heavy atom. The number of pyridine rings is 2. The summed E-state index contributed by atoms with van der Waals surface area (Å²) in [6.07, 6.45) is 5.77. The van der Waals surface area contributed by atoms with Crippen LogP contribution in [0.5, 0.6) is 0 Å². The van der Waals surface area contributed by atoms with Crippen molar-refractivity contribution in [2.24, 2.45) is 0 Å². The Labute approximate surface area is 545 Å². The molecule has 6 aliphatic heterocycles. The Balaban J connectivity index is 0.000000172. The van der Waals surface area contributed by atoms with Crippen LogP contribution in [0.1, 0.15) is 108 Å². The maximum atomic E-state index is 14.2. The third-order valence-electron chi connectivity index (χ3n) is 19.4. The third kappa shape index (κ3) is 14.1. The Morgan fingerprint density at radius 2 is 0.958 bits per heavy atom. The number of carbonyl (C=O) groups is 6. The monoisotopic (exact) mass is 1290 g/mol. The molecule has 2 atom stereocenters. The number of piperidine rings is 4. The Morgan fingerprint density at radius 1 is 0.526 bits per heavy atom. The van der Waals surface area contributed by atoms with Gasteiger partial charge in [0.2, 0.25) is 0 Å². The number of hydrogen-bond donors (Lipinski definition) is 4. The summed E-state index contributed by atoms with van der Waals surface area (Å²) in [7, 11) is 0. The summed E-state index contributed by atoms with van der Waals surface area (Å²) in [5.74, 6) is -1.60. The molecule has 25 heteroatoms. The summed E-state index contributed by atoms with van der Waals surface area (Å²) in [4.78, 5) is 129. The number of hydrogen-bond acceptors (Lipinski definition) is 14. The molecule has 0 spiro atoms. The number of H-pyrrole nitrogens is 2. The van der Waals surface area contributed by atoms with Gasteiger partial charge in [0.25, 0.3) is 11.8 Å². The van der Waals surface area contributed by atoms with Crippen LogP contribution < -0.4 is 22.1 Å². The zero-order valence-corrected chi connectivity index (χ0v) is 52.9. The van der Waals surface area contributed by atoms with Crippen LogP contribution in [-0.4, -0.2) is 162 Å². The highest BCUT2D eigenvalue weighted by Gasteiger charge is 2.40. The van der Waals surface area contributed by atoms with Gasteiger partial charge >= 0.3 is 35.8 Å². The molecule has 8 amide bonds. The number of fused-ring (bicyclic) bond motifs is 4. The van der Waals surface area contributed by atoms with Gasteiger partial charge in [0.05, 0.1) is 16.7 Å². The van der Waals surface area contributed by atoms with Crippen LogP contribution in [0, 0.1) is 19.7 Å². The van der Waals surface area contributed by atoms with E-state index in [1.54, 1.807) is 61.2 Å². The average molecular weight is 1300 g/mol. The number of ether oxygens (including phenoxy) is 2. The maximum Gasteiger partial charge on any atom is 0.417 e. The van der Waals surface area contributed by atoms with Crippen LogP contribution in [0.2, 0.25) is 0 Å². The SMILES string of the molecule is Cc1cc(CC(OC(=O)N2CCC(N3Cc4cccc(F)c4NC3=O)CC2)C(=O)N2CCC(c3ccccn3)CC2)cc2oc(=O)[nH]c12.Cc1cc(CC(OC(=O)N2CCC(N3Cc4ccccc4NC3=O)CC2)C(=O)N2CCC(c3ccccn3)CC2)cc2oc(=O)[nH]c12. The van der Waals surface area contributed by atoms with Crippen molar-refractivity contribution in [3.63, 3.8) is 0 Å². The van der Waals surface area contributed by atoms with Crippen LogP contribution >= 0.6 is 0 Å². The number of aromatic nitrogens is 4. The van der Waals surface area contributed by atoms with Gasteiger partial charge in [0, 0.05) is 132 Å². The molecule has 4 saturated heterocycles. The lowest BCUT2D eigenvalue weighted by atomic mass is 9.92. The molecule has 8 aromatic rings. The maximum absolute atomic E-state index is 14.2. The molecule has 6 aliphatic rings. The van der Waals surface area contributed by atoms with Gasteiger partial charge in [-0.3, -0.25) is 29.5 Å². The third-order valence-corrected chi connectivity index (χ3v) is 19.4. The summed E-state index contributed by atoms with van der Waals surface area (Å²) < 4.78 is 36.8. The summed E-state index contributed by atoms with van der Waals surface area (Å²) >= 11 is 0. The molecular weight excluding hydrogens is 1220 g/mol. The first-order valence-corrected chi connectivity index (χ1v) is 32.6. The second-order valence-electron chi connectivity index (χ2n) is 25.4. The molecule has 494 valence electrons. The van der Waals surface area contributed by atoms with Gasteiger partial charge in [-0.15, -0.1) is 0 Å². The van der Waals surface area contributed by atoms with Crippen molar-refractivity contribution in [1.82, 2.24) is 49.3 Å². The van der Waals surface area contributed by atoms with Crippen molar-refractivity contribution in [1.29, 1.82) is 0 Å². The number of benzene rings is 4. The standard InChI is InChI=1S/C35H37FN6O6.C35H38N6O6/c1-21-17-22(18-28-30(21)39-34(45)47-28)19-29(32(43)40-13-8-23(9-14-40)27-7-2-3-12-37-27)48-35(46)41-15-10-25(11-16-41)42-20-24-5-4-6-26(36)31(24)38-33(42)44;1-22-18-23(19-29-31(22)38-34(44)46-29)20-30(32(42)39-14-9-24(10-15-39)27-7-4-5-13-36-27)47-35(45)40-16-11-26(12-17-40)41-21-25-6-2-3-8-28(25)37-33(41)43/h2-7,12,17-18,23,25,29H,8-11,13-16,19-20H2,1H3,(H,38,44)(H,39,45);2-8,13,18-19,24,26,30H,9-12,14-17,20-21H2,1H3,(H,37,43)(H,38,44). The lowest BCUT2D eigenvalue weighted by Gasteiger charge is -2.40. The zero-order chi connectivity index (χ0) is 65.9. The molecule has 4 fully saturated rings. The van der Waals surface area contributed by atoms with Crippen molar-refractivity contribution in [3.05, 3.63) is 187 Å². The van der Waals surface area contributed by atoms with Crippen LogP contribution in [0.4, 0.5) is 34.9 Å². The smallest absolute Gasteiger partial charge is 0.417 e. The minimum atomic E-state index is -1.09. The molecule has 4 aromatic heterocycles. The molecule has 2 unspecified atom stereocenters. The number of anilines is 2. The summed E-state index contributed by atoms with van der Waals surface area (Å²) in [5, 5.41) is 5.64. The Hall–Kier alpha value is -10.3. The Kier molecular flexibility index (Phi) is 18.5. The number of amides is 8. The normalized spacial score (nSPS) is 18.1. The van der Waals surface area contributed by atoms with Crippen molar-refractivity contribution in [2.45, 2.75) is 127 Å². The first-order chi connectivity index (χ1) is 46.0. The van der Waals surface area contributed by atoms with Crippen molar-refractivity contribution < 1.29 is 51.5 Å². The van der Waals surface area contributed by atoms with E-state index in [2.05, 4.69) is 30.6 Å². The van der Waals surface area contributed by atoms with Gasteiger partial charge in [-0.2, -0.15) is 0 Å². The molecule has 95 heavy (non-hydrogen) atoms. The molecule has 4 aromatic carbocycles. The van der Waals surface area contributed by atoms with E-state index in [0.717, 1.165) is 65.0 Å². The molecular formula is C70H75FN12O12. The van der Waals surface area contributed by atoms with E-state index in [1.165, 1.54) is 6.07 Å². The number of nitrogens with one attached hydrogen (secondary N) is 4. The minimum Gasteiger partial charge on any atom is -0.436 e. The summed E-state index contributed by atoms with van der Waals surface area (Å²) in [6.45, 7) is 8.07. The van der Waals surface area contributed by atoms with Gasteiger partial charge < -0.3 is 58.3 Å². The predicted octanol–water partition coefficient (Wildman–Crippen LogP) is 9.72. The molecule has 0 aliphatic carbocycles. The summed E-state index contributed by atoms with van der Waals surface area (Å²) in [5.41, 5.74) is 9.78. The van der Waals surface area contributed by atoms with E-state index >= 15 is 0 Å². The molecule has 0 bridgehead atoms. The van der Waals surface area contributed by atoms with E-state index in [-0.39, 0.29) is 72.9 Å². The number of urea groups is 2. The first kappa shape index (κ1) is 63.4. The second-order valence-corrected chi connectivity index (χ2v) is 25.4. The van der Waals surface area contributed by atoms with Crippen LogP contribution in [0.3, 0.4) is 0 Å². The highest BCUT2D eigenvalue weighted by atomic mass is 19.1. The molecule has 10 heterocycles. The number of aromatic amines is 2. The van der Waals surface area contributed by atoms with E-state index < -0.39 is 41.7 Å². The molecule has 0 radical (unpaired) electrons. The number of nitrogens with zero attached hydrogens (tertiary/aromatic N) is 8. The fraction of sp³-hybridized carbons (Fsp3) is 0.400. The highest BCUT2D eigenvalue weighted by Crippen LogP contribution is 2.34. The van der Waals surface area contributed by atoms with Gasteiger partial charge in [-0.25, -0.2) is 33.2 Å². The van der Waals surface area contributed by atoms with Crippen LogP contribution in [0.25, 0.3) is 22.2 Å². The van der Waals surface area contributed by atoms with Gasteiger partial charge in [-0.05, 0) is 147 Å². The largest absolute Gasteiger partial charge is 0.436 e. The topological polar surface area (TPSA) is 282 Å². The molecule has 24 nitrogen and oxygen atoms in total. The predicted molar refractivity (Wildman–Crippen MR) is 348 cm³/mol. The lowest BCUT2D eigenvalue weighted by molar-refractivity contribution is -0.142. The summed E-state index contributed by atoms with van der Waals surface area (Å²) in [6, 6.07) is 30.7. The van der Waals surface area contributed by atoms with E-state index in [1.807, 2.05) is 91.5 Å². The molecule has 0 saturated carbocycles. The number of rotatable bonds is 12. The molecule has 14 rings (SSSR count). The van der Waals surface area contributed by atoms with Crippen molar-refractivity contribution in [3.8, 4) is 0 Å². The number of carbonyl (C=O) groups excluding carboxylic acids is 6. The fourth-order valence-electron chi connectivity index (χ4n) is 14.2. The quantitative estimate of drug-likeness (QED) is 0.0886. The second kappa shape index (κ2) is 27.7. The number of halogens is 1. The van der Waals surface area contributed by atoms with Gasteiger partial charge in [-0.1, -0.05) is 54.6 Å². The average Bonchev–Trinajstić information content (AvgIpc) is 0.989. The van der Waals surface area contributed by atoms with Crippen LogP contribution in [0.15, 0.2) is 134 Å². The molecule has 4 N–H and O–H groups in total. The number of para-hydroxylation sites is 2. The van der Waals surface area contributed by atoms with Gasteiger partial charge in [0.15, 0.2) is 23.4 Å². The first-order valence-electron chi connectivity index (χ1n) is 32.6. The van der Waals surface area contributed by atoms with Crippen molar-refractivity contribution in [2.75, 3.05) is 63.0 Å². The fourth-order valence-corrected chi connectivity index (χ4v) is 14.2. The zero-order valence-electron chi connectivity index (χ0n) is 52.9. The van der Waals surface area contributed by atoms with E-state index in [4.69, 9.17) is 18.3 Å². The number of likely N-dealkylation sites (tertiary alicyclic amines) is 4. The lowest BCUT2D eigenvalue weighted by Crippen LogP contribution is -2.52. The van der Waals surface area contributed by atoms with Crippen molar-refractivity contribution >= 4 is 69.6 Å². The minimum absolute atomic E-state index is 0.0176. The highest BCUT2D eigenvalue weighted by molar-refractivity contribution is 5.94. The van der Waals surface area contributed by atoms with E-state index in [0.29, 0.717) is 118 Å². The van der Waals surface area contributed by atoms with Crippen LogP contribution in [-0.2, 0) is 45.0 Å². The van der Waals surface area contributed by atoms with E-state index in [9.17, 15) is 42.7 Å².